The lowest BCUT2D eigenvalue weighted by molar-refractivity contribution is 0.0735. The molecule has 0 radical (unpaired) electrons. The molecule has 0 aliphatic carbocycles. The SMILES string of the molecule is Cc1nn(C)c(C)c1[C@H]1CCCN1C(=O)c1ccccc1-n1cccn1. The van der Waals surface area contributed by atoms with Gasteiger partial charge in [-0.2, -0.15) is 10.2 Å². The van der Waals surface area contributed by atoms with Gasteiger partial charge in [0.15, 0.2) is 0 Å². The molecule has 1 aliphatic heterocycles. The standard InChI is InChI=1S/C20H23N5O/c1-14-19(15(2)23(3)22-14)18-10-6-12-24(18)20(26)16-8-4-5-9-17(16)25-13-7-11-21-25/h4-5,7-9,11,13,18H,6,10,12H2,1-3H3/t18-/m1/s1. The van der Waals surface area contributed by atoms with E-state index in [9.17, 15) is 4.79 Å². The number of likely N-dealkylation sites (tertiary alicyclic amines) is 1. The predicted molar refractivity (Wildman–Crippen MR) is 99.3 cm³/mol. The normalized spacial score (nSPS) is 17.0. The summed E-state index contributed by atoms with van der Waals surface area (Å²) in [5, 5.41) is 8.84. The fourth-order valence-electron chi connectivity index (χ4n) is 4.00. The van der Waals surface area contributed by atoms with E-state index in [1.165, 1.54) is 5.56 Å². The second-order valence-electron chi connectivity index (χ2n) is 6.83. The van der Waals surface area contributed by atoms with E-state index in [2.05, 4.69) is 17.1 Å². The number of para-hydroxylation sites is 1. The average Bonchev–Trinajstić information content (AvgIpc) is 3.37. The average molecular weight is 349 g/mol. The molecule has 1 atom stereocenters. The summed E-state index contributed by atoms with van der Waals surface area (Å²) >= 11 is 0. The summed E-state index contributed by atoms with van der Waals surface area (Å²) in [6, 6.07) is 9.62. The Bertz CT molecular complexity index is 941. The van der Waals surface area contributed by atoms with Crippen LogP contribution in [0.25, 0.3) is 5.69 Å². The van der Waals surface area contributed by atoms with Gasteiger partial charge in [-0.1, -0.05) is 12.1 Å². The van der Waals surface area contributed by atoms with E-state index in [0.29, 0.717) is 5.56 Å². The molecule has 134 valence electrons. The van der Waals surface area contributed by atoms with Gasteiger partial charge in [0, 0.05) is 37.2 Å². The molecule has 1 amide bonds. The summed E-state index contributed by atoms with van der Waals surface area (Å²) in [5.74, 6) is 0.0567. The molecular weight excluding hydrogens is 326 g/mol. The Labute approximate surface area is 153 Å². The molecule has 26 heavy (non-hydrogen) atoms. The molecule has 0 spiro atoms. The van der Waals surface area contributed by atoms with Gasteiger partial charge in [0.05, 0.1) is 23.0 Å². The minimum absolute atomic E-state index is 0.0567. The Morgan fingerprint density at radius 1 is 1.19 bits per heavy atom. The fourth-order valence-corrected chi connectivity index (χ4v) is 4.00. The highest BCUT2D eigenvalue weighted by atomic mass is 16.2. The van der Waals surface area contributed by atoms with Crippen LogP contribution in [-0.4, -0.2) is 36.9 Å². The molecule has 1 fully saturated rings. The van der Waals surface area contributed by atoms with Gasteiger partial charge in [0.1, 0.15) is 0 Å². The molecule has 6 nitrogen and oxygen atoms in total. The van der Waals surface area contributed by atoms with Crippen molar-refractivity contribution in [2.24, 2.45) is 7.05 Å². The minimum atomic E-state index is 0.0567. The Kier molecular flexibility index (Phi) is 4.11. The number of amides is 1. The lowest BCUT2D eigenvalue weighted by Crippen LogP contribution is -2.32. The van der Waals surface area contributed by atoms with Crippen molar-refractivity contribution < 1.29 is 4.79 Å². The lowest BCUT2D eigenvalue weighted by atomic mass is 10.0. The lowest BCUT2D eigenvalue weighted by Gasteiger charge is -2.26. The van der Waals surface area contributed by atoms with Crippen molar-refractivity contribution in [2.45, 2.75) is 32.7 Å². The van der Waals surface area contributed by atoms with Gasteiger partial charge in [-0.25, -0.2) is 4.68 Å². The van der Waals surface area contributed by atoms with Gasteiger partial charge in [-0.05, 0) is 44.9 Å². The van der Waals surface area contributed by atoms with E-state index >= 15 is 0 Å². The molecule has 1 saturated heterocycles. The first kappa shape index (κ1) is 16.6. The largest absolute Gasteiger partial charge is 0.331 e. The smallest absolute Gasteiger partial charge is 0.256 e. The molecular formula is C20H23N5O. The van der Waals surface area contributed by atoms with Gasteiger partial charge in [-0.15, -0.1) is 0 Å². The van der Waals surface area contributed by atoms with Crippen LogP contribution in [0.15, 0.2) is 42.7 Å². The quantitative estimate of drug-likeness (QED) is 0.730. The van der Waals surface area contributed by atoms with Gasteiger partial charge in [0.2, 0.25) is 0 Å². The van der Waals surface area contributed by atoms with Crippen molar-refractivity contribution in [1.82, 2.24) is 24.5 Å². The summed E-state index contributed by atoms with van der Waals surface area (Å²) in [6.45, 7) is 4.87. The van der Waals surface area contributed by atoms with Crippen LogP contribution in [0.3, 0.4) is 0 Å². The van der Waals surface area contributed by atoms with Crippen LogP contribution in [0.4, 0.5) is 0 Å². The minimum Gasteiger partial charge on any atom is -0.331 e. The number of nitrogens with zero attached hydrogens (tertiary/aromatic N) is 5. The fraction of sp³-hybridized carbons (Fsp3) is 0.350. The van der Waals surface area contributed by atoms with Crippen LogP contribution in [0.2, 0.25) is 0 Å². The molecule has 0 unspecified atom stereocenters. The van der Waals surface area contributed by atoms with E-state index in [1.807, 2.05) is 60.1 Å². The molecule has 3 heterocycles. The summed E-state index contributed by atoms with van der Waals surface area (Å²) in [5.41, 5.74) is 4.83. The van der Waals surface area contributed by atoms with Crippen LogP contribution in [-0.2, 0) is 7.05 Å². The highest BCUT2D eigenvalue weighted by Gasteiger charge is 2.34. The maximum atomic E-state index is 13.4. The number of hydrogen-bond acceptors (Lipinski definition) is 3. The molecule has 0 bridgehead atoms. The zero-order valence-electron chi connectivity index (χ0n) is 15.4. The Morgan fingerprint density at radius 2 is 2.00 bits per heavy atom. The molecule has 1 aliphatic rings. The number of carbonyl (C=O) groups is 1. The first-order valence-corrected chi connectivity index (χ1v) is 8.98. The maximum absolute atomic E-state index is 13.4. The second-order valence-corrected chi connectivity index (χ2v) is 6.83. The van der Waals surface area contributed by atoms with Crippen molar-refractivity contribution in [3.05, 3.63) is 65.2 Å². The van der Waals surface area contributed by atoms with Gasteiger partial charge in [-0.3, -0.25) is 9.48 Å². The van der Waals surface area contributed by atoms with Crippen molar-refractivity contribution in [3.63, 3.8) is 0 Å². The van der Waals surface area contributed by atoms with Gasteiger partial charge < -0.3 is 4.90 Å². The first-order valence-electron chi connectivity index (χ1n) is 8.98. The maximum Gasteiger partial charge on any atom is 0.256 e. The van der Waals surface area contributed by atoms with Crippen molar-refractivity contribution in [2.75, 3.05) is 6.54 Å². The number of carbonyl (C=O) groups excluding carboxylic acids is 1. The van der Waals surface area contributed by atoms with Crippen LogP contribution in [0.1, 0.15) is 46.2 Å². The monoisotopic (exact) mass is 349 g/mol. The zero-order chi connectivity index (χ0) is 18.3. The Balaban J connectivity index is 1.73. The molecule has 1 aromatic carbocycles. The third-order valence-corrected chi connectivity index (χ3v) is 5.30. The Hall–Kier alpha value is -2.89. The number of rotatable bonds is 3. The zero-order valence-corrected chi connectivity index (χ0v) is 15.4. The van der Waals surface area contributed by atoms with E-state index in [1.54, 1.807) is 10.9 Å². The number of aryl methyl sites for hydroxylation is 2. The summed E-state index contributed by atoms with van der Waals surface area (Å²) < 4.78 is 3.65. The number of aromatic nitrogens is 4. The topological polar surface area (TPSA) is 56.0 Å². The highest BCUT2D eigenvalue weighted by Crippen LogP contribution is 2.36. The van der Waals surface area contributed by atoms with Gasteiger partial charge >= 0.3 is 0 Å². The van der Waals surface area contributed by atoms with Crippen LogP contribution in [0, 0.1) is 13.8 Å². The van der Waals surface area contributed by atoms with E-state index in [-0.39, 0.29) is 11.9 Å². The molecule has 4 rings (SSSR count). The first-order chi connectivity index (χ1) is 12.6. The molecule has 0 saturated carbocycles. The number of benzene rings is 1. The van der Waals surface area contributed by atoms with E-state index in [0.717, 1.165) is 36.5 Å². The van der Waals surface area contributed by atoms with Crippen LogP contribution >= 0.6 is 0 Å². The van der Waals surface area contributed by atoms with Crippen LogP contribution < -0.4 is 0 Å². The molecule has 2 aromatic heterocycles. The number of hydrogen-bond donors (Lipinski definition) is 0. The molecule has 3 aromatic rings. The van der Waals surface area contributed by atoms with Gasteiger partial charge in [0.25, 0.3) is 5.91 Å². The summed E-state index contributed by atoms with van der Waals surface area (Å²) in [7, 11) is 1.96. The van der Waals surface area contributed by atoms with Crippen molar-refractivity contribution in [3.8, 4) is 5.69 Å². The summed E-state index contributed by atoms with van der Waals surface area (Å²) in [4.78, 5) is 15.4. The third kappa shape index (κ3) is 2.62. The van der Waals surface area contributed by atoms with Crippen LogP contribution in [0.5, 0.6) is 0 Å². The van der Waals surface area contributed by atoms with E-state index in [4.69, 9.17) is 0 Å². The highest BCUT2D eigenvalue weighted by molar-refractivity contribution is 5.98. The van der Waals surface area contributed by atoms with Crippen molar-refractivity contribution >= 4 is 5.91 Å². The second kappa shape index (κ2) is 6.44. The Morgan fingerprint density at radius 3 is 2.69 bits per heavy atom. The molecule has 0 N–H and O–H groups in total. The molecule has 6 heteroatoms. The predicted octanol–water partition coefficient (Wildman–Crippen LogP) is 3.20. The summed E-state index contributed by atoms with van der Waals surface area (Å²) in [6.07, 6.45) is 5.57. The van der Waals surface area contributed by atoms with E-state index < -0.39 is 0 Å². The third-order valence-electron chi connectivity index (χ3n) is 5.30. The van der Waals surface area contributed by atoms with Crippen molar-refractivity contribution in [1.29, 1.82) is 0 Å².